The third kappa shape index (κ3) is 2.18. The van der Waals surface area contributed by atoms with E-state index >= 15 is 0 Å². The van der Waals surface area contributed by atoms with Crippen molar-refractivity contribution in [2.24, 2.45) is 28.6 Å². The molecule has 2 N–H and O–H groups in total. The highest BCUT2D eigenvalue weighted by atomic mass is 79.9. The lowest BCUT2D eigenvalue weighted by Gasteiger charge is -2.60. The van der Waals surface area contributed by atoms with Gasteiger partial charge in [-0.3, -0.25) is 4.79 Å². The second kappa shape index (κ2) is 5.92. The first-order valence-electron chi connectivity index (χ1n) is 9.59. The minimum absolute atomic E-state index is 0.0629. The van der Waals surface area contributed by atoms with Gasteiger partial charge in [0.2, 0.25) is 0 Å². The molecular weight excluding hydrogens is 368 g/mol. The minimum Gasteiger partial charge on any atom is -0.393 e. The van der Waals surface area contributed by atoms with Gasteiger partial charge in [0.1, 0.15) is 0 Å². The maximum Gasteiger partial charge on any atom is 0.155 e. The summed E-state index contributed by atoms with van der Waals surface area (Å²) >= 11 is 3.51. The second-order valence-electron chi connectivity index (χ2n) is 8.90. The van der Waals surface area contributed by atoms with E-state index in [4.69, 9.17) is 0 Å². The Hall–Kier alpha value is -0.190. The summed E-state index contributed by atoms with van der Waals surface area (Å²) in [5, 5.41) is 22.1. The number of carbonyl (C=O) groups is 1. The van der Waals surface area contributed by atoms with E-state index in [1.54, 1.807) is 0 Å². The van der Waals surface area contributed by atoms with Crippen molar-refractivity contribution in [2.45, 2.75) is 70.5 Å². The van der Waals surface area contributed by atoms with Crippen LogP contribution in [-0.4, -0.2) is 33.5 Å². The number of aliphatic hydroxyl groups is 2. The maximum atomic E-state index is 12.0. The zero-order valence-electron chi connectivity index (χ0n) is 14.5. The Morgan fingerprint density at radius 3 is 2.75 bits per heavy atom. The van der Waals surface area contributed by atoms with Gasteiger partial charge in [0.15, 0.2) is 5.78 Å². The largest absolute Gasteiger partial charge is 0.393 e. The van der Waals surface area contributed by atoms with Gasteiger partial charge in [-0.2, -0.15) is 0 Å². The van der Waals surface area contributed by atoms with Gasteiger partial charge in [-0.1, -0.05) is 28.4 Å². The van der Waals surface area contributed by atoms with Crippen LogP contribution in [-0.2, 0) is 4.79 Å². The van der Waals surface area contributed by atoms with Crippen molar-refractivity contribution >= 4 is 21.7 Å². The van der Waals surface area contributed by atoms with Crippen LogP contribution in [0.2, 0.25) is 0 Å². The number of carbonyl (C=O) groups excluding carboxylic acids is 1. The summed E-state index contributed by atoms with van der Waals surface area (Å²) < 4.78 is 0. The molecule has 0 heterocycles. The number of halogens is 1. The van der Waals surface area contributed by atoms with E-state index in [2.05, 4.69) is 22.9 Å². The Balaban J connectivity index is 1.75. The molecule has 24 heavy (non-hydrogen) atoms. The van der Waals surface area contributed by atoms with Crippen LogP contribution in [0.15, 0.2) is 11.6 Å². The molecule has 7 atom stereocenters. The molecule has 0 aromatic heterocycles. The van der Waals surface area contributed by atoms with Crippen LogP contribution < -0.4 is 0 Å². The molecular formula is C20H29BrO3. The van der Waals surface area contributed by atoms with Crippen LogP contribution in [0.5, 0.6) is 0 Å². The topological polar surface area (TPSA) is 57.5 Å². The van der Waals surface area contributed by atoms with Crippen LogP contribution in [0, 0.1) is 28.6 Å². The van der Waals surface area contributed by atoms with E-state index in [1.165, 1.54) is 5.57 Å². The van der Waals surface area contributed by atoms with Gasteiger partial charge in [-0.25, -0.2) is 0 Å². The zero-order chi connectivity index (χ0) is 17.1. The van der Waals surface area contributed by atoms with Gasteiger partial charge in [0, 0.05) is 17.2 Å². The van der Waals surface area contributed by atoms with Gasteiger partial charge in [0.25, 0.3) is 0 Å². The summed E-state index contributed by atoms with van der Waals surface area (Å²) in [6.45, 7) is 2.29. The van der Waals surface area contributed by atoms with Crippen molar-refractivity contribution in [1.29, 1.82) is 0 Å². The number of rotatable bonds is 2. The Bertz CT molecular complexity index is 573. The summed E-state index contributed by atoms with van der Waals surface area (Å²) in [5.74, 6) is 1.85. The van der Waals surface area contributed by atoms with E-state index in [1.807, 2.05) is 6.08 Å². The molecule has 0 aromatic carbocycles. The molecule has 4 rings (SSSR count). The molecule has 1 unspecified atom stereocenters. The average molecular weight is 397 g/mol. The molecule has 0 amide bonds. The zero-order valence-corrected chi connectivity index (χ0v) is 16.1. The summed E-state index contributed by atoms with van der Waals surface area (Å²) in [6, 6.07) is 0. The van der Waals surface area contributed by atoms with Crippen molar-refractivity contribution in [3.8, 4) is 0 Å². The van der Waals surface area contributed by atoms with Gasteiger partial charge in [-0.15, -0.1) is 0 Å². The number of alkyl halides is 1. The lowest BCUT2D eigenvalue weighted by Crippen LogP contribution is -2.56. The molecule has 3 fully saturated rings. The third-order valence-corrected chi connectivity index (χ3v) is 8.87. The van der Waals surface area contributed by atoms with E-state index in [-0.39, 0.29) is 22.7 Å². The van der Waals surface area contributed by atoms with Crippen LogP contribution in [0.25, 0.3) is 0 Å². The predicted molar refractivity (Wildman–Crippen MR) is 96.8 cm³/mol. The molecule has 3 saturated carbocycles. The monoisotopic (exact) mass is 396 g/mol. The van der Waals surface area contributed by atoms with Crippen LogP contribution in [0.1, 0.15) is 58.3 Å². The van der Waals surface area contributed by atoms with Gasteiger partial charge in [0.05, 0.1) is 12.2 Å². The highest BCUT2D eigenvalue weighted by molar-refractivity contribution is 9.09. The number of ketones is 1. The summed E-state index contributed by atoms with van der Waals surface area (Å²) in [5.41, 5.74) is 1.07. The standard InChI is InChI=1S/C20H29BrO3/c1-19-8-7-16-14(15(19)4-5-17(19)23)3-2-12-10-13(22)6-9-20(12,16)18(24)11-21/h10,14-18,23-24H,2-9,11H2,1H3/t14-,15-,16-,17-,18?,19-,20+/m0/s1. The summed E-state index contributed by atoms with van der Waals surface area (Å²) in [7, 11) is 0. The normalized spacial score (nSPS) is 49.0. The Morgan fingerprint density at radius 2 is 2.00 bits per heavy atom. The molecule has 0 aliphatic heterocycles. The molecule has 4 heteroatoms. The van der Waals surface area contributed by atoms with Crippen LogP contribution >= 0.6 is 15.9 Å². The van der Waals surface area contributed by atoms with Crippen molar-refractivity contribution in [3.05, 3.63) is 11.6 Å². The fourth-order valence-corrected chi connectivity index (χ4v) is 7.59. The van der Waals surface area contributed by atoms with Gasteiger partial charge in [-0.05, 0) is 74.2 Å². The molecule has 3 nitrogen and oxygen atoms in total. The smallest absolute Gasteiger partial charge is 0.155 e. The maximum absolute atomic E-state index is 12.0. The summed E-state index contributed by atoms with van der Waals surface area (Å²) in [6.07, 6.45) is 8.90. The lowest BCUT2D eigenvalue weighted by molar-refractivity contribution is -0.125. The fourth-order valence-electron chi connectivity index (χ4n) is 7.01. The molecule has 0 bridgehead atoms. The van der Waals surface area contributed by atoms with Crippen LogP contribution in [0.3, 0.4) is 0 Å². The van der Waals surface area contributed by atoms with Gasteiger partial charge < -0.3 is 10.2 Å². The molecule has 0 spiro atoms. The van der Waals surface area contributed by atoms with Crippen molar-refractivity contribution in [3.63, 3.8) is 0 Å². The predicted octanol–water partition coefficient (Wildman–Crippen LogP) is 3.62. The minimum atomic E-state index is -0.416. The fraction of sp³-hybridized carbons (Fsp3) is 0.850. The van der Waals surface area contributed by atoms with E-state index in [0.717, 1.165) is 44.9 Å². The Kier molecular flexibility index (Phi) is 4.25. The molecule has 0 aromatic rings. The molecule has 0 radical (unpaired) electrons. The van der Waals surface area contributed by atoms with E-state index in [9.17, 15) is 15.0 Å². The van der Waals surface area contributed by atoms with E-state index in [0.29, 0.717) is 29.5 Å². The SMILES string of the molecule is C[C@]12CC[C@H]3[C@@H](CCC4=CC(=O)CC[C@@]43C(O)CBr)[C@@H]1CC[C@@H]2O. The van der Waals surface area contributed by atoms with E-state index < -0.39 is 6.10 Å². The third-order valence-electron chi connectivity index (χ3n) is 8.25. The second-order valence-corrected chi connectivity index (χ2v) is 9.55. The first-order chi connectivity index (χ1) is 11.4. The number of hydrogen-bond acceptors (Lipinski definition) is 3. The van der Waals surface area contributed by atoms with Crippen molar-refractivity contribution in [2.75, 3.05) is 5.33 Å². The number of hydrogen-bond donors (Lipinski definition) is 2. The Morgan fingerprint density at radius 1 is 1.21 bits per heavy atom. The molecule has 4 aliphatic rings. The first kappa shape index (κ1) is 17.2. The molecule has 4 aliphatic carbocycles. The molecule has 0 saturated heterocycles. The van der Waals surface area contributed by atoms with Crippen molar-refractivity contribution < 1.29 is 15.0 Å². The quantitative estimate of drug-likeness (QED) is 0.700. The summed E-state index contributed by atoms with van der Waals surface area (Å²) in [4.78, 5) is 12.0. The average Bonchev–Trinajstić information content (AvgIpc) is 2.89. The number of fused-ring (bicyclic) bond motifs is 5. The first-order valence-corrected chi connectivity index (χ1v) is 10.7. The van der Waals surface area contributed by atoms with Crippen molar-refractivity contribution in [1.82, 2.24) is 0 Å². The molecule has 134 valence electrons. The number of aliphatic hydroxyl groups excluding tert-OH is 2. The highest BCUT2D eigenvalue weighted by Crippen LogP contribution is 2.66. The Labute approximate surface area is 153 Å². The van der Waals surface area contributed by atoms with Crippen LogP contribution in [0.4, 0.5) is 0 Å². The lowest BCUT2D eigenvalue weighted by atomic mass is 9.45. The van der Waals surface area contributed by atoms with Gasteiger partial charge >= 0.3 is 0 Å². The highest BCUT2D eigenvalue weighted by Gasteiger charge is 2.61.